The van der Waals surface area contributed by atoms with E-state index < -0.39 is 29.3 Å². The minimum Gasteiger partial charge on any atom is -0.492 e. The zero-order valence-electron chi connectivity index (χ0n) is 17.8. The molecule has 1 saturated carbocycles. The molecule has 2 aromatic rings. The van der Waals surface area contributed by atoms with Gasteiger partial charge in [-0.3, -0.25) is 9.79 Å². The van der Waals surface area contributed by atoms with E-state index in [0.29, 0.717) is 0 Å². The Labute approximate surface area is 187 Å². The number of hydrogen-bond donors (Lipinski definition) is 3. The average molecular weight is 468 g/mol. The summed E-state index contributed by atoms with van der Waals surface area (Å²) < 4.78 is 58.5. The van der Waals surface area contributed by atoms with Gasteiger partial charge in [-0.05, 0) is 49.8 Å². The van der Waals surface area contributed by atoms with E-state index in [1.54, 1.807) is 0 Å². The number of aliphatic hydroxyl groups excluding tert-OH is 1. The van der Waals surface area contributed by atoms with Crippen LogP contribution in [0, 0.1) is 11.7 Å². The summed E-state index contributed by atoms with van der Waals surface area (Å²) in [7, 11) is 1.17. The second-order valence-electron chi connectivity index (χ2n) is 7.77. The van der Waals surface area contributed by atoms with Crippen molar-refractivity contribution in [3.05, 3.63) is 47.0 Å². The minimum absolute atomic E-state index is 0.00953. The van der Waals surface area contributed by atoms with Crippen molar-refractivity contribution in [2.45, 2.75) is 37.9 Å². The van der Waals surface area contributed by atoms with Crippen molar-refractivity contribution in [1.82, 2.24) is 4.98 Å². The van der Waals surface area contributed by atoms with Crippen molar-refractivity contribution in [2.24, 2.45) is 10.9 Å². The summed E-state index contributed by atoms with van der Waals surface area (Å²) in [4.78, 5) is 20.3. The zero-order valence-corrected chi connectivity index (χ0v) is 17.8. The van der Waals surface area contributed by atoms with Crippen LogP contribution in [0.3, 0.4) is 0 Å². The lowest BCUT2D eigenvalue weighted by molar-refractivity contribution is -0.141. The van der Waals surface area contributed by atoms with Gasteiger partial charge in [0.2, 0.25) is 0 Å². The van der Waals surface area contributed by atoms with E-state index in [0.717, 1.165) is 43.9 Å². The summed E-state index contributed by atoms with van der Waals surface area (Å²) in [6.07, 6.45) is -0.121. The van der Waals surface area contributed by atoms with Crippen molar-refractivity contribution < 1.29 is 32.2 Å². The van der Waals surface area contributed by atoms with Crippen LogP contribution in [-0.2, 0) is 6.18 Å². The lowest BCUT2D eigenvalue weighted by Crippen LogP contribution is -2.20. The fraction of sp³-hybridized carbons (Fsp3) is 0.409. The highest BCUT2D eigenvalue weighted by atomic mass is 19.4. The highest BCUT2D eigenvalue weighted by Crippen LogP contribution is 2.35. The second-order valence-corrected chi connectivity index (χ2v) is 7.77. The number of carbonyl (C=O) groups is 1. The highest BCUT2D eigenvalue weighted by molar-refractivity contribution is 6.05. The molecule has 0 aliphatic heterocycles. The van der Waals surface area contributed by atoms with E-state index >= 15 is 0 Å². The zero-order chi connectivity index (χ0) is 24.2. The number of nitrogens with one attached hydrogen (secondary N) is 1. The molecule has 0 unspecified atom stereocenters. The number of benzene rings is 1. The standard InChI is InChI=1S/C22H24F4N4O3/c1-33-20-16(30-21(32)15-3-2-4-17(29-15)22(24,25)26)9-13(19(27)18(20)23)10-28-14-7-5-12(11-31)6-8-14/h2-4,9-10,12,14,31H,5-8,11,27H2,1H3,(H,30,32). The summed E-state index contributed by atoms with van der Waals surface area (Å²) in [5, 5.41) is 11.6. The van der Waals surface area contributed by atoms with Crippen LogP contribution < -0.4 is 15.8 Å². The predicted octanol–water partition coefficient (Wildman–Crippen LogP) is 4.05. The predicted molar refractivity (Wildman–Crippen MR) is 115 cm³/mol. The molecule has 1 amide bonds. The van der Waals surface area contributed by atoms with E-state index in [1.807, 2.05) is 0 Å². The molecule has 1 aliphatic carbocycles. The Hall–Kier alpha value is -3.21. The van der Waals surface area contributed by atoms with Gasteiger partial charge in [-0.1, -0.05) is 6.07 Å². The maximum absolute atomic E-state index is 14.8. The number of rotatable bonds is 6. The van der Waals surface area contributed by atoms with Gasteiger partial charge in [-0.25, -0.2) is 9.37 Å². The molecular weight excluding hydrogens is 444 g/mol. The van der Waals surface area contributed by atoms with Crippen LogP contribution in [-0.4, -0.2) is 42.0 Å². The number of ether oxygens (including phenoxy) is 1. The highest BCUT2D eigenvalue weighted by Gasteiger charge is 2.33. The molecule has 0 spiro atoms. The topological polar surface area (TPSA) is 110 Å². The van der Waals surface area contributed by atoms with Gasteiger partial charge >= 0.3 is 6.18 Å². The van der Waals surface area contributed by atoms with E-state index in [-0.39, 0.29) is 41.3 Å². The summed E-state index contributed by atoms with van der Waals surface area (Å²) in [6.45, 7) is 0.136. The summed E-state index contributed by atoms with van der Waals surface area (Å²) in [5.74, 6) is -2.02. The van der Waals surface area contributed by atoms with Gasteiger partial charge in [0.25, 0.3) is 5.91 Å². The van der Waals surface area contributed by atoms with E-state index in [2.05, 4.69) is 15.3 Å². The van der Waals surface area contributed by atoms with Crippen molar-refractivity contribution >= 4 is 23.5 Å². The Kier molecular flexibility index (Phi) is 7.52. The fourth-order valence-corrected chi connectivity index (χ4v) is 3.63. The number of aliphatic imine (C=N–C) groups is 1. The molecule has 1 aromatic carbocycles. The monoisotopic (exact) mass is 468 g/mol. The van der Waals surface area contributed by atoms with Crippen LogP contribution in [0.2, 0.25) is 0 Å². The second kappa shape index (κ2) is 10.2. The third-order valence-electron chi connectivity index (χ3n) is 5.51. The van der Waals surface area contributed by atoms with Crippen LogP contribution in [0.4, 0.5) is 28.9 Å². The molecule has 7 nitrogen and oxygen atoms in total. The first-order valence-corrected chi connectivity index (χ1v) is 10.3. The Bertz CT molecular complexity index is 1040. The first-order chi connectivity index (χ1) is 15.6. The first kappa shape index (κ1) is 24.4. The summed E-state index contributed by atoms with van der Waals surface area (Å²) in [5.41, 5.74) is 3.96. The van der Waals surface area contributed by atoms with Gasteiger partial charge in [0.15, 0.2) is 11.6 Å². The molecule has 1 heterocycles. The number of nitrogens with two attached hydrogens (primary N) is 1. The molecule has 0 radical (unpaired) electrons. The Morgan fingerprint density at radius 2 is 2.03 bits per heavy atom. The Morgan fingerprint density at radius 3 is 2.64 bits per heavy atom. The third kappa shape index (κ3) is 5.78. The number of nitrogen functional groups attached to an aromatic ring is 1. The molecule has 0 bridgehead atoms. The van der Waals surface area contributed by atoms with Gasteiger partial charge in [0.05, 0.1) is 18.5 Å². The number of pyridine rings is 1. The number of halogens is 4. The maximum Gasteiger partial charge on any atom is 0.433 e. The molecule has 4 N–H and O–H groups in total. The van der Waals surface area contributed by atoms with E-state index in [1.165, 1.54) is 19.4 Å². The lowest BCUT2D eigenvalue weighted by Gasteiger charge is -2.24. The third-order valence-corrected chi connectivity index (χ3v) is 5.51. The van der Waals surface area contributed by atoms with Crippen molar-refractivity contribution in [1.29, 1.82) is 0 Å². The number of carbonyl (C=O) groups excluding carboxylic acids is 1. The van der Waals surface area contributed by atoms with Crippen LogP contribution >= 0.6 is 0 Å². The van der Waals surface area contributed by atoms with Crippen molar-refractivity contribution in [2.75, 3.05) is 24.8 Å². The number of aliphatic hydroxyl groups is 1. The number of methoxy groups -OCH3 is 1. The van der Waals surface area contributed by atoms with Crippen molar-refractivity contribution in [3.8, 4) is 5.75 Å². The number of anilines is 2. The van der Waals surface area contributed by atoms with Gasteiger partial charge in [0.1, 0.15) is 11.4 Å². The molecule has 1 aliphatic rings. The summed E-state index contributed by atoms with van der Waals surface area (Å²) >= 11 is 0. The molecule has 3 rings (SSSR count). The van der Waals surface area contributed by atoms with Crippen LogP contribution in [0.15, 0.2) is 29.3 Å². The fourth-order valence-electron chi connectivity index (χ4n) is 3.63. The number of amides is 1. The van der Waals surface area contributed by atoms with Gasteiger partial charge in [-0.15, -0.1) is 0 Å². The Balaban J connectivity index is 1.85. The van der Waals surface area contributed by atoms with Gasteiger partial charge < -0.3 is 20.9 Å². The molecule has 0 saturated heterocycles. The lowest BCUT2D eigenvalue weighted by atomic mass is 9.87. The summed E-state index contributed by atoms with van der Waals surface area (Å²) in [6, 6.07) is 4.23. The van der Waals surface area contributed by atoms with Crippen LogP contribution in [0.5, 0.6) is 5.75 Å². The normalized spacial score (nSPS) is 19.0. The molecule has 33 heavy (non-hydrogen) atoms. The first-order valence-electron chi connectivity index (χ1n) is 10.3. The average Bonchev–Trinajstić information content (AvgIpc) is 2.80. The molecule has 1 aromatic heterocycles. The quantitative estimate of drug-likeness (QED) is 0.337. The number of nitrogens with zero attached hydrogens (tertiary/aromatic N) is 2. The van der Waals surface area contributed by atoms with Crippen LogP contribution in [0.1, 0.15) is 47.4 Å². The van der Waals surface area contributed by atoms with Crippen LogP contribution in [0.25, 0.3) is 0 Å². The SMILES string of the molecule is COc1c(NC(=O)c2cccc(C(F)(F)F)n2)cc(C=NC2CCC(CO)CC2)c(N)c1F. The molecule has 178 valence electrons. The smallest absolute Gasteiger partial charge is 0.433 e. The number of alkyl halides is 3. The largest absolute Gasteiger partial charge is 0.492 e. The van der Waals surface area contributed by atoms with E-state index in [9.17, 15) is 27.5 Å². The molecule has 11 heteroatoms. The number of hydrogen-bond acceptors (Lipinski definition) is 6. The minimum atomic E-state index is -4.72. The molecule has 1 fully saturated rings. The van der Waals surface area contributed by atoms with Crippen molar-refractivity contribution in [3.63, 3.8) is 0 Å². The molecular formula is C22H24F4N4O3. The van der Waals surface area contributed by atoms with E-state index in [4.69, 9.17) is 10.5 Å². The van der Waals surface area contributed by atoms with Gasteiger partial charge in [-0.2, -0.15) is 13.2 Å². The maximum atomic E-state index is 14.8. The van der Waals surface area contributed by atoms with Gasteiger partial charge in [0, 0.05) is 24.4 Å². The molecule has 0 atom stereocenters. The number of aromatic nitrogens is 1. The Morgan fingerprint density at radius 1 is 1.33 bits per heavy atom.